The van der Waals surface area contributed by atoms with Crippen LogP contribution in [0.2, 0.25) is 0 Å². The summed E-state index contributed by atoms with van der Waals surface area (Å²) in [6.45, 7) is 10.9. The van der Waals surface area contributed by atoms with Gasteiger partial charge in [0.1, 0.15) is 5.84 Å². The summed E-state index contributed by atoms with van der Waals surface area (Å²) < 4.78 is 0. The minimum Gasteiger partial charge on any atom is -0.328 e. The average molecular weight is 230 g/mol. The second kappa shape index (κ2) is 4.91. The van der Waals surface area contributed by atoms with Crippen molar-refractivity contribution in [3.05, 3.63) is 29.8 Å². The summed E-state index contributed by atoms with van der Waals surface area (Å²) in [7, 11) is 0. The van der Waals surface area contributed by atoms with Crippen LogP contribution < -0.4 is 4.90 Å². The van der Waals surface area contributed by atoms with Gasteiger partial charge in [-0.05, 0) is 17.5 Å². The van der Waals surface area contributed by atoms with Gasteiger partial charge in [-0.15, -0.1) is 0 Å². The molecule has 0 atom stereocenters. The summed E-state index contributed by atoms with van der Waals surface area (Å²) in [6.07, 6.45) is 0. The van der Waals surface area contributed by atoms with Gasteiger partial charge in [0.2, 0.25) is 0 Å². The standard InChI is InChI=1S/C15H22N2/c1-11(2)13-7-5-6-8-14(13)17-10-9-16-15(17)12(3)4/h5-8,11-12H,9-10H2,1-4H3. The van der Waals surface area contributed by atoms with Crippen molar-refractivity contribution in [3.63, 3.8) is 0 Å². The lowest BCUT2D eigenvalue weighted by Gasteiger charge is -2.26. The molecule has 1 aliphatic rings. The molecule has 2 rings (SSSR count). The molecule has 92 valence electrons. The van der Waals surface area contributed by atoms with Gasteiger partial charge in [-0.2, -0.15) is 0 Å². The Bertz CT molecular complexity index is 419. The summed E-state index contributed by atoms with van der Waals surface area (Å²) >= 11 is 0. The molecule has 1 heterocycles. The molecule has 0 aliphatic carbocycles. The van der Waals surface area contributed by atoms with Crippen LogP contribution in [0.3, 0.4) is 0 Å². The SMILES string of the molecule is CC(C)C1=NCCN1c1ccccc1C(C)C. The molecular formula is C15H22N2. The molecule has 0 unspecified atom stereocenters. The van der Waals surface area contributed by atoms with Gasteiger partial charge < -0.3 is 4.90 Å². The van der Waals surface area contributed by atoms with Crippen molar-refractivity contribution in [2.45, 2.75) is 33.6 Å². The van der Waals surface area contributed by atoms with E-state index in [4.69, 9.17) is 0 Å². The van der Waals surface area contributed by atoms with E-state index in [1.54, 1.807) is 0 Å². The largest absolute Gasteiger partial charge is 0.328 e. The Hall–Kier alpha value is -1.31. The Balaban J connectivity index is 2.38. The highest BCUT2D eigenvalue weighted by molar-refractivity contribution is 6.01. The topological polar surface area (TPSA) is 15.6 Å². The molecule has 0 aromatic heterocycles. The van der Waals surface area contributed by atoms with E-state index in [0.29, 0.717) is 11.8 Å². The minimum absolute atomic E-state index is 0.498. The molecule has 17 heavy (non-hydrogen) atoms. The van der Waals surface area contributed by atoms with Crippen LogP contribution in [-0.2, 0) is 0 Å². The highest BCUT2D eigenvalue weighted by Crippen LogP contribution is 2.29. The van der Waals surface area contributed by atoms with Crippen molar-refractivity contribution in [1.82, 2.24) is 0 Å². The third kappa shape index (κ3) is 2.36. The number of aliphatic imine (C=N–C) groups is 1. The number of benzene rings is 1. The fourth-order valence-corrected chi connectivity index (χ4v) is 2.42. The van der Waals surface area contributed by atoms with E-state index in [0.717, 1.165) is 13.1 Å². The normalized spacial score (nSPS) is 15.9. The molecule has 0 radical (unpaired) electrons. The van der Waals surface area contributed by atoms with Crippen LogP contribution in [0.4, 0.5) is 5.69 Å². The number of anilines is 1. The highest BCUT2D eigenvalue weighted by Gasteiger charge is 2.23. The van der Waals surface area contributed by atoms with Crippen LogP contribution in [-0.4, -0.2) is 18.9 Å². The van der Waals surface area contributed by atoms with Gasteiger partial charge in [0.05, 0.1) is 6.54 Å². The molecule has 1 aromatic carbocycles. The smallest absolute Gasteiger partial charge is 0.106 e. The Labute approximate surface area is 104 Å². The molecule has 0 bridgehead atoms. The Morgan fingerprint density at radius 1 is 1.06 bits per heavy atom. The Kier molecular flexibility index (Phi) is 3.51. The van der Waals surface area contributed by atoms with E-state index in [-0.39, 0.29) is 0 Å². The molecule has 0 saturated carbocycles. The maximum absolute atomic E-state index is 4.64. The van der Waals surface area contributed by atoms with Gasteiger partial charge in [-0.1, -0.05) is 45.9 Å². The predicted molar refractivity (Wildman–Crippen MR) is 75.0 cm³/mol. The van der Waals surface area contributed by atoms with Crippen molar-refractivity contribution in [2.24, 2.45) is 10.9 Å². The third-order valence-corrected chi connectivity index (χ3v) is 3.24. The lowest BCUT2D eigenvalue weighted by Crippen LogP contribution is -2.31. The van der Waals surface area contributed by atoms with Gasteiger partial charge in [0.25, 0.3) is 0 Å². The number of amidine groups is 1. The van der Waals surface area contributed by atoms with Crippen molar-refractivity contribution < 1.29 is 0 Å². The van der Waals surface area contributed by atoms with Crippen LogP contribution in [0.1, 0.15) is 39.2 Å². The number of nitrogens with zero attached hydrogens (tertiary/aromatic N) is 2. The minimum atomic E-state index is 0.498. The van der Waals surface area contributed by atoms with Crippen molar-refractivity contribution in [2.75, 3.05) is 18.0 Å². The van der Waals surface area contributed by atoms with Crippen molar-refractivity contribution in [1.29, 1.82) is 0 Å². The van der Waals surface area contributed by atoms with E-state index in [9.17, 15) is 0 Å². The molecule has 0 fully saturated rings. The fourth-order valence-electron chi connectivity index (χ4n) is 2.42. The van der Waals surface area contributed by atoms with Gasteiger partial charge in [0, 0.05) is 18.2 Å². The van der Waals surface area contributed by atoms with Gasteiger partial charge >= 0.3 is 0 Å². The summed E-state index contributed by atoms with van der Waals surface area (Å²) in [5, 5.41) is 0. The monoisotopic (exact) mass is 230 g/mol. The number of hydrogen-bond donors (Lipinski definition) is 0. The zero-order valence-electron chi connectivity index (χ0n) is 11.3. The summed E-state index contributed by atoms with van der Waals surface area (Å²) in [5.41, 5.74) is 2.76. The zero-order valence-corrected chi connectivity index (χ0v) is 11.3. The van der Waals surface area contributed by atoms with Crippen molar-refractivity contribution >= 4 is 11.5 Å². The Morgan fingerprint density at radius 2 is 1.76 bits per heavy atom. The first kappa shape index (κ1) is 12.2. The van der Waals surface area contributed by atoms with Crippen LogP contribution in [0.25, 0.3) is 0 Å². The van der Waals surface area contributed by atoms with E-state index in [1.165, 1.54) is 17.1 Å². The van der Waals surface area contributed by atoms with Gasteiger partial charge in [-0.25, -0.2) is 0 Å². The molecule has 0 amide bonds. The second-order valence-corrected chi connectivity index (χ2v) is 5.26. The molecule has 0 N–H and O–H groups in total. The fraction of sp³-hybridized carbons (Fsp3) is 0.533. The lowest BCUT2D eigenvalue weighted by molar-refractivity contribution is 0.841. The molecule has 2 heteroatoms. The van der Waals surface area contributed by atoms with Crippen LogP contribution in [0.15, 0.2) is 29.3 Å². The lowest BCUT2D eigenvalue weighted by atomic mass is 10.00. The third-order valence-electron chi connectivity index (χ3n) is 3.24. The van der Waals surface area contributed by atoms with Crippen molar-refractivity contribution in [3.8, 4) is 0 Å². The second-order valence-electron chi connectivity index (χ2n) is 5.26. The first-order valence-corrected chi connectivity index (χ1v) is 6.52. The average Bonchev–Trinajstić information content (AvgIpc) is 2.77. The number of hydrogen-bond acceptors (Lipinski definition) is 2. The quantitative estimate of drug-likeness (QED) is 0.773. The van der Waals surface area contributed by atoms with E-state index in [1.807, 2.05) is 0 Å². The summed E-state index contributed by atoms with van der Waals surface area (Å²) in [6, 6.07) is 8.70. The predicted octanol–water partition coefficient (Wildman–Crippen LogP) is 3.68. The first-order chi connectivity index (χ1) is 8.11. The Morgan fingerprint density at radius 3 is 2.41 bits per heavy atom. The van der Waals surface area contributed by atoms with Gasteiger partial charge in [-0.3, -0.25) is 4.99 Å². The van der Waals surface area contributed by atoms with E-state index >= 15 is 0 Å². The molecule has 1 aromatic rings. The maximum Gasteiger partial charge on any atom is 0.106 e. The van der Waals surface area contributed by atoms with Gasteiger partial charge in [0.15, 0.2) is 0 Å². The van der Waals surface area contributed by atoms with E-state index < -0.39 is 0 Å². The summed E-state index contributed by atoms with van der Waals surface area (Å²) in [5.74, 6) is 2.29. The first-order valence-electron chi connectivity index (χ1n) is 6.52. The highest BCUT2D eigenvalue weighted by atomic mass is 15.2. The maximum atomic E-state index is 4.64. The van der Waals surface area contributed by atoms with E-state index in [2.05, 4.69) is 61.9 Å². The van der Waals surface area contributed by atoms with Crippen LogP contribution in [0, 0.1) is 5.92 Å². The molecule has 1 aliphatic heterocycles. The van der Waals surface area contributed by atoms with Crippen LogP contribution in [0.5, 0.6) is 0 Å². The molecule has 0 spiro atoms. The number of para-hydroxylation sites is 1. The zero-order chi connectivity index (χ0) is 12.4. The molecule has 0 saturated heterocycles. The molecular weight excluding hydrogens is 208 g/mol. The number of rotatable bonds is 3. The summed E-state index contributed by atoms with van der Waals surface area (Å²) in [4.78, 5) is 7.02. The van der Waals surface area contributed by atoms with Crippen LogP contribution >= 0.6 is 0 Å². The molecule has 2 nitrogen and oxygen atoms in total.